The molecule has 0 aliphatic carbocycles. The number of aliphatic imine (C=N–C) groups is 1. The Kier molecular flexibility index (Phi) is 9.23. The lowest BCUT2D eigenvalue weighted by Crippen LogP contribution is -2.30. The molecule has 1 aliphatic rings. The van der Waals surface area contributed by atoms with Gasteiger partial charge in [-0.1, -0.05) is 24.3 Å². The van der Waals surface area contributed by atoms with E-state index in [2.05, 4.69) is 19.9 Å². The molecule has 0 aromatic heterocycles. The number of rotatable bonds is 7. The number of halogens is 4. The second-order valence-corrected chi connectivity index (χ2v) is 6.93. The number of alkyl halides is 3. The lowest BCUT2D eigenvalue weighted by molar-refractivity contribution is -0.274. The third-order valence-electron chi connectivity index (χ3n) is 4.87. The molecule has 0 radical (unpaired) electrons. The molecule has 2 aromatic rings. The van der Waals surface area contributed by atoms with E-state index < -0.39 is 6.36 Å². The van der Waals surface area contributed by atoms with Gasteiger partial charge in [0, 0.05) is 0 Å². The smallest absolute Gasteiger partial charge is 0.497 e. The van der Waals surface area contributed by atoms with Gasteiger partial charge in [0.05, 0.1) is 25.4 Å². The predicted molar refractivity (Wildman–Crippen MR) is 125 cm³/mol. The number of para-hydroxylation sites is 2. The average Bonchev–Trinajstić information content (AvgIpc) is 3.23. The molecule has 0 bridgehead atoms. The maximum atomic E-state index is 12.6. The number of hydrogen-bond donors (Lipinski definition) is 2. The first kappa shape index (κ1) is 25.1. The fraction of sp³-hybridized carbons (Fsp3) is 0.381. The highest BCUT2D eigenvalue weighted by Gasteiger charge is 2.32. The van der Waals surface area contributed by atoms with Crippen LogP contribution >= 0.6 is 24.0 Å². The van der Waals surface area contributed by atoms with E-state index in [0.717, 1.165) is 37.2 Å². The van der Waals surface area contributed by atoms with Gasteiger partial charge in [-0.2, -0.15) is 0 Å². The standard InChI is InChI=1S/C21H25F3N4O2.HI/c1-29-16-8-6-7-15(13-16)18(28-11-4-5-12-28)14-26-20(25)27-17-9-2-3-10-19(17)30-21(22,23)24;/h2-3,6-10,13,18H,4-5,11-12,14H2,1H3,(H3,25,26,27);1H. The third kappa shape index (κ3) is 7.46. The summed E-state index contributed by atoms with van der Waals surface area (Å²) in [6, 6.07) is 13.5. The van der Waals surface area contributed by atoms with Crippen LogP contribution in [0.3, 0.4) is 0 Å². The second-order valence-electron chi connectivity index (χ2n) is 6.93. The largest absolute Gasteiger partial charge is 0.573 e. The molecule has 0 spiro atoms. The quantitative estimate of drug-likeness (QED) is 0.295. The zero-order chi connectivity index (χ0) is 21.6. The lowest BCUT2D eigenvalue weighted by atomic mass is 10.1. The monoisotopic (exact) mass is 550 g/mol. The Morgan fingerprint density at radius 1 is 1.16 bits per heavy atom. The maximum Gasteiger partial charge on any atom is 0.573 e. The number of nitrogens with two attached hydrogens (primary N) is 1. The van der Waals surface area contributed by atoms with Crippen LogP contribution in [0.15, 0.2) is 53.5 Å². The van der Waals surface area contributed by atoms with Crippen molar-refractivity contribution in [3.63, 3.8) is 0 Å². The van der Waals surface area contributed by atoms with Crippen molar-refractivity contribution in [2.75, 3.05) is 32.1 Å². The van der Waals surface area contributed by atoms with Crippen LogP contribution in [0.25, 0.3) is 0 Å². The minimum Gasteiger partial charge on any atom is -0.497 e. The van der Waals surface area contributed by atoms with Crippen LogP contribution in [0.5, 0.6) is 11.5 Å². The zero-order valence-electron chi connectivity index (χ0n) is 17.1. The van der Waals surface area contributed by atoms with Crippen LogP contribution in [-0.4, -0.2) is 44.0 Å². The summed E-state index contributed by atoms with van der Waals surface area (Å²) in [6.07, 6.45) is -2.57. The third-order valence-corrected chi connectivity index (χ3v) is 4.87. The van der Waals surface area contributed by atoms with Crippen LogP contribution < -0.4 is 20.5 Å². The SMILES string of the molecule is COc1cccc(C(CN=C(N)Nc2ccccc2OC(F)(F)F)N2CCCC2)c1.I. The minimum absolute atomic E-state index is 0. The predicted octanol–water partition coefficient (Wildman–Crippen LogP) is 4.78. The molecule has 170 valence electrons. The topological polar surface area (TPSA) is 72.1 Å². The molecule has 3 rings (SSSR count). The average molecular weight is 550 g/mol. The summed E-state index contributed by atoms with van der Waals surface area (Å²) in [5.74, 6) is 0.400. The second kappa shape index (κ2) is 11.4. The van der Waals surface area contributed by atoms with Gasteiger partial charge in [-0.15, -0.1) is 37.1 Å². The van der Waals surface area contributed by atoms with Crippen molar-refractivity contribution in [1.82, 2.24) is 4.90 Å². The summed E-state index contributed by atoms with van der Waals surface area (Å²) in [7, 11) is 1.62. The van der Waals surface area contributed by atoms with Gasteiger partial charge < -0.3 is 20.5 Å². The van der Waals surface area contributed by atoms with E-state index in [0.29, 0.717) is 6.54 Å². The highest BCUT2D eigenvalue weighted by atomic mass is 127. The molecule has 6 nitrogen and oxygen atoms in total. The molecule has 3 N–H and O–H groups in total. The molecule has 1 saturated heterocycles. The fourth-order valence-electron chi connectivity index (χ4n) is 3.48. The van der Waals surface area contributed by atoms with Gasteiger partial charge in [-0.25, -0.2) is 0 Å². The van der Waals surface area contributed by atoms with Crippen molar-refractivity contribution in [3.8, 4) is 11.5 Å². The molecular weight excluding hydrogens is 524 g/mol. The first-order valence-electron chi connectivity index (χ1n) is 9.65. The Morgan fingerprint density at radius 2 is 1.87 bits per heavy atom. The molecular formula is C21H26F3IN4O2. The van der Waals surface area contributed by atoms with E-state index in [1.54, 1.807) is 13.2 Å². The molecule has 0 saturated carbocycles. The first-order chi connectivity index (χ1) is 14.4. The van der Waals surface area contributed by atoms with E-state index in [4.69, 9.17) is 10.5 Å². The number of benzene rings is 2. The van der Waals surface area contributed by atoms with Crippen LogP contribution in [-0.2, 0) is 0 Å². The highest BCUT2D eigenvalue weighted by molar-refractivity contribution is 14.0. The molecule has 2 aromatic carbocycles. The Hall–Kier alpha value is -2.21. The molecule has 31 heavy (non-hydrogen) atoms. The lowest BCUT2D eigenvalue weighted by Gasteiger charge is -2.27. The summed E-state index contributed by atoms with van der Waals surface area (Å²) in [5, 5.41) is 2.71. The van der Waals surface area contributed by atoms with E-state index in [-0.39, 0.29) is 47.4 Å². The number of anilines is 1. The summed E-state index contributed by atoms with van der Waals surface area (Å²) in [5.41, 5.74) is 7.12. The Balaban J connectivity index is 0.00000341. The first-order valence-corrected chi connectivity index (χ1v) is 9.65. The number of likely N-dealkylation sites (tertiary alicyclic amines) is 1. The van der Waals surface area contributed by atoms with Crippen LogP contribution in [0.2, 0.25) is 0 Å². The van der Waals surface area contributed by atoms with Gasteiger partial charge in [0.25, 0.3) is 0 Å². The zero-order valence-corrected chi connectivity index (χ0v) is 19.4. The molecule has 1 fully saturated rings. The van der Waals surface area contributed by atoms with Crippen LogP contribution in [0, 0.1) is 0 Å². The minimum atomic E-state index is -4.79. The normalized spacial score (nSPS) is 15.8. The van der Waals surface area contributed by atoms with Gasteiger partial charge in [-0.3, -0.25) is 9.89 Å². The maximum absolute atomic E-state index is 12.6. The number of nitrogens with one attached hydrogen (secondary N) is 1. The van der Waals surface area contributed by atoms with E-state index in [9.17, 15) is 13.2 Å². The summed E-state index contributed by atoms with van der Waals surface area (Å²) < 4.78 is 47.2. The van der Waals surface area contributed by atoms with Crippen molar-refractivity contribution < 1.29 is 22.6 Å². The van der Waals surface area contributed by atoms with E-state index in [1.807, 2.05) is 24.3 Å². The Bertz CT molecular complexity index is 874. The summed E-state index contributed by atoms with van der Waals surface area (Å²) in [6.45, 7) is 2.26. The van der Waals surface area contributed by atoms with Gasteiger partial charge in [0.15, 0.2) is 11.7 Å². The molecule has 0 amide bonds. The van der Waals surface area contributed by atoms with Crippen molar-refractivity contribution in [2.24, 2.45) is 10.7 Å². The van der Waals surface area contributed by atoms with Crippen LogP contribution in [0.1, 0.15) is 24.4 Å². The number of ether oxygens (including phenoxy) is 2. The van der Waals surface area contributed by atoms with E-state index >= 15 is 0 Å². The molecule has 10 heteroatoms. The number of nitrogens with zero attached hydrogens (tertiary/aromatic N) is 2. The number of guanidine groups is 1. The number of hydrogen-bond acceptors (Lipinski definition) is 4. The highest BCUT2D eigenvalue weighted by Crippen LogP contribution is 2.30. The van der Waals surface area contributed by atoms with Crippen molar-refractivity contribution in [2.45, 2.75) is 25.2 Å². The summed E-state index contributed by atoms with van der Waals surface area (Å²) in [4.78, 5) is 6.72. The fourth-order valence-corrected chi connectivity index (χ4v) is 3.48. The van der Waals surface area contributed by atoms with Crippen LogP contribution in [0.4, 0.5) is 18.9 Å². The van der Waals surface area contributed by atoms with Gasteiger partial charge >= 0.3 is 6.36 Å². The van der Waals surface area contributed by atoms with Crippen molar-refractivity contribution in [1.29, 1.82) is 0 Å². The molecule has 1 aliphatic heterocycles. The Labute approximate surface area is 196 Å². The van der Waals surface area contributed by atoms with Crippen molar-refractivity contribution in [3.05, 3.63) is 54.1 Å². The molecule has 1 unspecified atom stereocenters. The Morgan fingerprint density at radius 3 is 2.55 bits per heavy atom. The summed E-state index contributed by atoms with van der Waals surface area (Å²) >= 11 is 0. The van der Waals surface area contributed by atoms with Gasteiger partial charge in [-0.05, 0) is 55.8 Å². The van der Waals surface area contributed by atoms with Gasteiger partial charge in [0.1, 0.15) is 5.75 Å². The van der Waals surface area contributed by atoms with E-state index in [1.165, 1.54) is 18.2 Å². The molecule has 1 heterocycles. The van der Waals surface area contributed by atoms with Crippen molar-refractivity contribution >= 4 is 35.6 Å². The number of methoxy groups -OCH3 is 1. The molecule has 1 atom stereocenters. The van der Waals surface area contributed by atoms with Gasteiger partial charge in [0.2, 0.25) is 0 Å².